The molecule has 0 saturated heterocycles. The van der Waals surface area contributed by atoms with Crippen molar-refractivity contribution in [2.75, 3.05) is 12.3 Å². The summed E-state index contributed by atoms with van der Waals surface area (Å²) < 4.78 is 7.79. The molecule has 1 N–H and O–H groups in total. The van der Waals surface area contributed by atoms with Gasteiger partial charge in [-0.2, -0.15) is 4.68 Å². The van der Waals surface area contributed by atoms with Gasteiger partial charge in [-0.15, -0.1) is 5.10 Å². The van der Waals surface area contributed by atoms with Crippen LogP contribution in [0.3, 0.4) is 0 Å². The van der Waals surface area contributed by atoms with Gasteiger partial charge in [0.25, 0.3) is 0 Å². The maximum absolute atomic E-state index is 6.10. The van der Waals surface area contributed by atoms with E-state index in [1.807, 2.05) is 60.7 Å². The van der Waals surface area contributed by atoms with E-state index in [9.17, 15) is 0 Å². The summed E-state index contributed by atoms with van der Waals surface area (Å²) in [5.74, 6) is 1.77. The Bertz CT molecular complexity index is 1170. The quantitative estimate of drug-likeness (QED) is 0.207. The Kier molecular flexibility index (Phi) is 8.60. The van der Waals surface area contributed by atoms with Gasteiger partial charge in [-0.05, 0) is 59.3 Å². The summed E-state index contributed by atoms with van der Waals surface area (Å²) in [7, 11) is 0. The van der Waals surface area contributed by atoms with Crippen LogP contribution in [0.25, 0.3) is 5.69 Å². The zero-order valence-corrected chi connectivity index (χ0v) is 20.2. The number of nitrogens with zero attached hydrogens (tertiary/aromatic N) is 4. The molecule has 1 heterocycles. The van der Waals surface area contributed by atoms with Gasteiger partial charge in [-0.3, -0.25) is 0 Å². The maximum Gasteiger partial charge on any atom is 0.214 e. The normalized spacial score (nSPS) is 11.0. The Balaban J connectivity index is 1.22. The average molecular weight is 500 g/mol. The van der Waals surface area contributed by atoms with Gasteiger partial charge in [0.2, 0.25) is 5.16 Å². The molecule has 0 radical (unpaired) electrons. The molecule has 4 rings (SSSR count). The number of rotatable bonds is 11. The summed E-state index contributed by atoms with van der Waals surface area (Å²) in [6, 6.07) is 23.5. The Morgan fingerprint density at radius 1 is 0.939 bits per heavy atom. The van der Waals surface area contributed by atoms with E-state index < -0.39 is 0 Å². The largest absolute Gasteiger partial charge is 0.489 e. The van der Waals surface area contributed by atoms with Gasteiger partial charge in [-0.1, -0.05) is 77.4 Å². The summed E-state index contributed by atoms with van der Waals surface area (Å²) >= 11 is 13.7. The third-order valence-electron chi connectivity index (χ3n) is 4.84. The molecule has 0 aliphatic rings. The maximum atomic E-state index is 6.10. The van der Waals surface area contributed by atoms with Crippen molar-refractivity contribution in [1.29, 1.82) is 0 Å². The molecule has 0 bridgehead atoms. The Labute approximate surface area is 207 Å². The number of tetrazole rings is 1. The number of halogens is 2. The lowest BCUT2D eigenvalue weighted by atomic mass is 10.2. The van der Waals surface area contributed by atoms with E-state index in [1.54, 1.807) is 22.5 Å². The van der Waals surface area contributed by atoms with Crippen molar-refractivity contribution < 1.29 is 4.74 Å². The van der Waals surface area contributed by atoms with Gasteiger partial charge < -0.3 is 10.1 Å². The molecular weight excluding hydrogens is 477 g/mol. The fraction of sp³-hybridized carbons (Fsp3) is 0.208. The Hall–Kier alpha value is -2.58. The zero-order chi connectivity index (χ0) is 22.9. The first-order valence-corrected chi connectivity index (χ1v) is 12.3. The smallest absolute Gasteiger partial charge is 0.214 e. The van der Waals surface area contributed by atoms with Crippen LogP contribution in [-0.4, -0.2) is 32.5 Å². The predicted octanol–water partition coefficient (Wildman–Crippen LogP) is 5.82. The molecule has 0 fully saturated rings. The lowest BCUT2D eigenvalue weighted by Crippen LogP contribution is -2.16. The van der Waals surface area contributed by atoms with E-state index in [-0.39, 0.29) is 0 Å². The lowest BCUT2D eigenvalue weighted by Gasteiger charge is -2.13. The van der Waals surface area contributed by atoms with Gasteiger partial charge in [0, 0.05) is 17.9 Å². The molecule has 0 spiro atoms. The number of thioether (sulfide) groups is 1. The van der Waals surface area contributed by atoms with Crippen LogP contribution in [0.5, 0.6) is 5.75 Å². The van der Waals surface area contributed by atoms with Gasteiger partial charge in [0.15, 0.2) is 0 Å². The van der Waals surface area contributed by atoms with Crippen molar-refractivity contribution in [2.24, 2.45) is 0 Å². The first-order valence-electron chi connectivity index (χ1n) is 10.5. The molecule has 1 aromatic heterocycles. The first-order chi connectivity index (χ1) is 16.2. The fourth-order valence-electron chi connectivity index (χ4n) is 3.17. The highest BCUT2D eigenvalue weighted by molar-refractivity contribution is 7.99. The SMILES string of the molecule is Clc1ccc(COc2ccccc2CNCCCSc2nnnn2-c2ccccc2)cc1Cl. The number of hydrogen-bond donors (Lipinski definition) is 1. The molecular formula is C24H23Cl2N5OS. The predicted molar refractivity (Wildman–Crippen MR) is 133 cm³/mol. The second-order valence-electron chi connectivity index (χ2n) is 7.23. The molecule has 9 heteroatoms. The van der Waals surface area contributed by atoms with Gasteiger partial charge in [0.05, 0.1) is 15.7 Å². The topological polar surface area (TPSA) is 64.9 Å². The monoisotopic (exact) mass is 499 g/mol. The number of para-hydroxylation sites is 2. The third-order valence-corrected chi connectivity index (χ3v) is 6.58. The van der Waals surface area contributed by atoms with Crippen LogP contribution < -0.4 is 10.1 Å². The first kappa shape index (κ1) is 23.6. The molecule has 0 amide bonds. The van der Waals surface area contributed by atoms with E-state index >= 15 is 0 Å². The van der Waals surface area contributed by atoms with Crippen LogP contribution in [0, 0.1) is 0 Å². The highest BCUT2D eigenvalue weighted by atomic mass is 35.5. The average Bonchev–Trinajstić information content (AvgIpc) is 3.32. The molecule has 0 saturated carbocycles. The van der Waals surface area contributed by atoms with E-state index in [0.29, 0.717) is 16.7 Å². The summed E-state index contributed by atoms with van der Waals surface area (Å²) in [4.78, 5) is 0. The fourth-order valence-corrected chi connectivity index (χ4v) is 4.32. The Morgan fingerprint density at radius 2 is 1.76 bits per heavy atom. The van der Waals surface area contributed by atoms with Crippen LogP contribution in [0.2, 0.25) is 10.0 Å². The summed E-state index contributed by atoms with van der Waals surface area (Å²) in [6.07, 6.45) is 0.985. The molecule has 0 unspecified atom stereocenters. The highest BCUT2D eigenvalue weighted by Gasteiger charge is 2.09. The molecule has 0 aliphatic carbocycles. The molecule has 170 valence electrons. The third kappa shape index (κ3) is 6.71. The lowest BCUT2D eigenvalue weighted by molar-refractivity contribution is 0.302. The second-order valence-corrected chi connectivity index (χ2v) is 9.11. The Morgan fingerprint density at radius 3 is 2.61 bits per heavy atom. The van der Waals surface area contributed by atoms with Gasteiger partial charge in [-0.25, -0.2) is 0 Å². The minimum Gasteiger partial charge on any atom is -0.489 e. The zero-order valence-electron chi connectivity index (χ0n) is 17.8. The minimum atomic E-state index is 0.431. The molecule has 33 heavy (non-hydrogen) atoms. The number of nitrogens with one attached hydrogen (secondary N) is 1. The van der Waals surface area contributed by atoms with Crippen molar-refractivity contribution in [1.82, 2.24) is 25.5 Å². The van der Waals surface area contributed by atoms with Crippen molar-refractivity contribution in [2.45, 2.75) is 24.7 Å². The van der Waals surface area contributed by atoms with Crippen LogP contribution in [0.15, 0.2) is 78.0 Å². The number of ether oxygens (including phenoxy) is 1. The van der Waals surface area contributed by atoms with Crippen molar-refractivity contribution in [3.05, 3.63) is 94.0 Å². The summed E-state index contributed by atoms with van der Waals surface area (Å²) in [5, 5.41) is 17.4. The van der Waals surface area contributed by atoms with E-state index in [0.717, 1.165) is 53.0 Å². The van der Waals surface area contributed by atoms with Gasteiger partial charge in [0.1, 0.15) is 12.4 Å². The van der Waals surface area contributed by atoms with Crippen molar-refractivity contribution in [3.63, 3.8) is 0 Å². The van der Waals surface area contributed by atoms with Crippen molar-refractivity contribution >= 4 is 35.0 Å². The summed E-state index contributed by atoms with van der Waals surface area (Å²) in [5.41, 5.74) is 3.04. The highest BCUT2D eigenvalue weighted by Crippen LogP contribution is 2.24. The minimum absolute atomic E-state index is 0.431. The van der Waals surface area contributed by atoms with E-state index in [4.69, 9.17) is 27.9 Å². The molecule has 0 aliphatic heterocycles. The standard InChI is InChI=1S/C24H23Cl2N5OS/c25-21-12-11-18(15-22(21)26)17-32-23-10-5-4-7-19(23)16-27-13-6-14-33-24-28-29-30-31(24)20-8-2-1-3-9-20/h1-5,7-12,15,27H,6,13-14,16-17H2. The van der Waals surface area contributed by atoms with Crippen LogP contribution in [0.1, 0.15) is 17.5 Å². The molecule has 4 aromatic rings. The second kappa shape index (κ2) is 12.0. The number of benzene rings is 3. The van der Waals surface area contributed by atoms with E-state index in [1.165, 1.54) is 0 Å². The van der Waals surface area contributed by atoms with Crippen molar-refractivity contribution in [3.8, 4) is 11.4 Å². The van der Waals surface area contributed by atoms with Gasteiger partial charge >= 0.3 is 0 Å². The molecule has 3 aromatic carbocycles. The van der Waals surface area contributed by atoms with E-state index in [2.05, 4.69) is 26.9 Å². The van der Waals surface area contributed by atoms with Crippen LogP contribution in [0.4, 0.5) is 0 Å². The number of aromatic nitrogens is 4. The van der Waals surface area contributed by atoms with Crippen LogP contribution >= 0.6 is 35.0 Å². The molecule has 0 atom stereocenters. The van der Waals surface area contributed by atoms with Crippen LogP contribution in [-0.2, 0) is 13.2 Å². The number of hydrogen-bond acceptors (Lipinski definition) is 6. The molecule has 6 nitrogen and oxygen atoms in total. The summed E-state index contributed by atoms with van der Waals surface area (Å²) in [6.45, 7) is 2.03.